The number of piperazine rings is 1. The average molecular weight is 399 g/mol. The van der Waals surface area contributed by atoms with Gasteiger partial charge in [-0.3, -0.25) is 19.4 Å². The number of likely N-dealkylation sites (tertiary alicyclic amines) is 1. The van der Waals surface area contributed by atoms with Crippen LogP contribution in [0.5, 0.6) is 0 Å². The van der Waals surface area contributed by atoms with E-state index in [1.54, 1.807) is 18.2 Å². The fourth-order valence-electron chi connectivity index (χ4n) is 3.39. The van der Waals surface area contributed by atoms with Gasteiger partial charge in [0.1, 0.15) is 0 Å². The summed E-state index contributed by atoms with van der Waals surface area (Å²) in [6, 6.07) is 4.97. The van der Waals surface area contributed by atoms with Crippen LogP contribution in [0.25, 0.3) is 0 Å². The van der Waals surface area contributed by atoms with Crippen LogP contribution in [0.4, 0.5) is 5.69 Å². The third-order valence-electron chi connectivity index (χ3n) is 4.80. The monoisotopic (exact) mass is 398 g/mol. The Kier molecular flexibility index (Phi) is 6.75. The molecule has 2 aliphatic heterocycles. The summed E-state index contributed by atoms with van der Waals surface area (Å²) in [5, 5.41) is 3.81. The molecule has 0 spiro atoms. The van der Waals surface area contributed by atoms with Gasteiger partial charge in [-0.2, -0.15) is 0 Å². The lowest BCUT2D eigenvalue weighted by Crippen LogP contribution is -2.51. The number of anilines is 1. The fraction of sp³-hybridized carbons (Fsp3) is 0.556. The highest BCUT2D eigenvalue weighted by molar-refractivity contribution is 6.35. The molecule has 0 atom stereocenters. The minimum absolute atomic E-state index is 0.0927. The number of rotatable bonds is 5. The maximum absolute atomic E-state index is 12.2. The van der Waals surface area contributed by atoms with Crippen LogP contribution < -0.4 is 5.32 Å². The van der Waals surface area contributed by atoms with Crippen LogP contribution in [0, 0.1) is 0 Å². The number of amides is 2. The highest BCUT2D eigenvalue weighted by Crippen LogP contribution is 2.22. The second-order valence-electron chi connectivity index (χ2n) is 6.85. The predicted molar refractivity (Wildman–Crippen MR) is 104 cm³/mol. The molecule has 26 heavy (non-hydrogen) atoms. The molecule has 142 valence electrons. The maximum atomic E-state index is 12.2. The van der Waals surface area contributed by atoms with Crippen LogP contribution >= 0.6 is 23.2 Å². The molecular formula is C18H24Cl2N4O2. The highest BCUT2D eigenvalue weighted by atomic mass is 35.5. The first-order chi connectivity index (χ1) is 12.5. The number of hydrogen-bond donors (Lipinski definition) is 1. The molecule has 6 nitrogen and oxygen atoms in total. The Balaban J connectivity index is 1.40. The van der Waals surface area contributed by atoms with E-state index in [9.17, 15) is 9.59 Å². The molecule has 2 aliphatic rings. The quantitative estimate of drug-likeness (QED) is 0.825. The molecule has 0 saturated carbocycles. The van der Waals surface area contributed by atoms with Gasteiger partial charge in [0, 0.05) is 55.0 Å². The standard InChI is InChI=1S/C18H24Cl2N4O2/c19-14-9-15(20)11-16(10-14)21-17(25)12-22-5-7-23(8-6-22)13-18(26)24-3-1-2-4-24/h9-11H,1-8,12-13H2,(H,21,25). The Labute approximate surface area is 164 Å². The van der Waals surface area contributed by atoms with Crippen LogP contribution in [0.15, 0.2) is 18.2 Å². The van der Waals surface area contributed by atoms with E-state index < -0.39 is 0 Å². The summed E-state index contributed by atoms with van der Waals surface area (Å²) in [6.45, 7) is 5.75. The van der Waals surface area contributed by atoms with Crippen molar-refractivity contribution >= 4 is 40.7 Å². The van der Waals surface area contributed by atoms with Crippen molar-refractivity contribution in [3.8, 4) is 0 Å². The van der Waals surface area contributed by atoms with Crippen molar-refractivity contribution in [3.05, 3.63) is 28.2 Å². The van der Waals surface area contributed by atoms with Gasteiger partial charge in [-0.25, -0.2) is 0 Å². The topological polar surface area (TPSA) is 55.9 Å². The highest BCUT2D eigenvalue weighted by Gasteiger charge is 2.24. The van der Waals surface area contributed by atoms with E-state index in [1.807, 2.05) is 4.90 Å². The number of nitrogens with one attached hydrogen (secondary N) is 1. The molecule has 2 heterocycles. The molecule has 8 heteroatoms. The van der Waals surface area contributed by atoms with Gasteiger partial charge >= 0.3 is 0 Å². The van der Waals surface area contributed by atoms with E-state index in [2.05, 4.69) is 15.1 Å². The number of carbonyl (C=O) groups excluding carboxylic acids is 2. The van der Waals surface area contributed by atoms with Crippen molar-refractivity contribution in [2.24, 2.45) is 0 Å². The molecular weight excluding hydrogens is 375 g/mol. The van der Waals surface area contributed by atoms with Gasteiger partial charge in [0.05, 0.1) is 13.1 Å². The van der Waals surface area contributed by atoms with Crippen LogP contribution in [0.1, 0.15) is 12.8 Å². The zero-order valence-corrected chi connectivity index (χ0v) is 16.2. The number of hydrogen-bond acceptors (Lipinski definition) is 4. The second kappa shape index (κ2) is 9.04. The lowest BCUT2D eigenvalue weighted by atomic mass is 10.3. The van der Waals surface area contributed by atoms with Gasteiger partial charge in [0.2, 0.25) is 11.8 Å². The Morgan fingerprint density at radius 3 is 1.96 bits per heavy atom. The minimum Gasteiger partial charge on any atom is -0.342 e. The van der Waals surface area contributed by atoms with Gasteiger partial charge in [-0.15, -0.1) is 0 Å². The molecule has 1 aromatic carbocycles. The zero-order chi connectivity index (χ0) is 18.5. The third-order valence-corrected chi connectivity index (χ3v) is 5.23. The van der Waals surface area contributed by atoms with Crippen LogP contribution in [-0.2, 0) is 9.59 Å². The van der Waals surface area contributed by atoms with Crippen LogP contribution in [0.2, 0.25) is 10.0 Å². The molecule has 1 aromatic rings. The van der Waals surface area contributed by atoms with Gasteiger partial charge in [-0.1, -0.05) is 23.2 Å². The van der Waals surface area contributed by atoms with E-state index in [0.29, 0.717) is 28.8 Å². The Morgan fingerprint density at radius 2 is 1.38 bits per heavy atom. The van der Waals surface area contributed by atoms with Crippen molar-refractivity contribution in [1.82, 2.24) is 14.7 Å². The van der Waals surface area contributed by atoms with Crippen molar-refractivity contribution in [1.29, 1.82) is 0 Å². The van der Waals surface area contributed by atoms with E-state index in [4.69, 9.17) is 23.2 Å². The second-order valence-corrected chi connectivity index (χ2v) is 7.72. The molecule has 2 saturated heterocycles. The van der Waals surface area contributed by atoms with E-state index in [1.165, 1.54) is 0 Å². The molecule has 0 bridgehead atoms. The fourth-order valence-corrected chi connectivity index (χ4v) is 3.92. The van der Waals surface area contributed by atoms with Gasteiger partial charge < -0.3 is 10.2 Å². The number of carbonyl (C=O) groups is 2. The van der Waals surface area contributed by atoms with E-state index in [0.717, 1.165) is 52.1 Å². The van der Waals surface area contributed by atoms with Gasteiger partial charge in [-0.05, 0) is 31.0 Å². The predicted octanol–water partition coefficient (Wildman–Crippen LogP) is 2.17. The molecule has 0 radical (unpaired) electrons. The molecule has 1 N–H and O–H groups in total. The Morgan fingerprint density at radius 1 is 0.846 bits per heavy atom. The summed E-state index contributed by atoms with van der Waals surface area (Å²) < 4.78 is 0. The van der Waals surface area contributed by atoms with Crippen LogP contribution in [-0.4, -0.2) is 78.9 Å². The van der Waals surface area contributed by atoms with Gasteiger partial charge in [0.15, 0.2) is 0 Å². The van der Waals surface area contributed by atoms with E-state index >= 15 is 0 Å². The third kappa shape index (κ3) is 5.58. The maximum Gasteiger partial charge on any atom is 0.238 e. The molecule has 2 fully saturated rings. The largest absolute Gasteiger partial charge is 0.342 e. The summed E-state index contributed by atoms with van der Waals surface area (Å²) >= 11 is 11.9. The summed E-state index contributed by atoms with van der Waals surface area (Å²) in [4.78, 5) is 30.7. The first-order valence-electron chi connectivity index (χ1n) is 8.98. The normalized spacial score (nSPS) is 18.9. The molecule has 0 unspecified atom stereocenters. The number of halogens is 2. The Hall–Kier alpha value is -1.34. The van der Waals surface area contributed by atoms with Crippen molar-refractivity contribution in [2.45, 2.75) is 12.8 Å². The first-order valence-corrected chi connectivity index (χ1v) is 9.73. The summed E-state index contributed by atoms with van der Waals surface area (Å²) in [5.41, 5.74) is 0.599. The zero-order valence-electron chi connectivity index (χ0n) is 14.7. The van der Waals surface area contributed by atoms with Gasteiger partial charge in [0.25, 0.3) is 0 Å². The molecule has 2 amide bonds. The average Bonchev–Trinajstić information content (AvgIpc) is 3.10. The molecule has 0 aromatic heterocycles. The number of benzene rings is 1. The summed E-state index contributed by atoms with van der Waals surface area (Å²) in [7, 11) is 0. The Bertz CT molecular complexity index is 636. The SMILES string of the molecule is O=C(CN1CCN(CC(=O)N2CCCC2)CC1)Nc1cc(Cl)cc(Cl)c1. The van der Waals surface area contributed by atoms with E-state index in [-0.39, 0.29) is 11.8 Å². The van der Waals surface area contributed by atoms with Crippen molar-refractivity contribution < 1.29 is 9.59 Å². The smallest absolute Gasteiger partial charge is 0.238 e. The number of nitrogens with zero attached hydrogens (tertiary/aromatic N) is 3. The summed E-state index contributed by atoms with van der Waals surface area (Å²) in [6.07, 6.45) is 2.24. The first kappa shape index (κ1) is 19.4. The molecule has 3 rings (SSSR count). The lowest BCUT2D eigenvalue weighted by molar-refractivity contribution is -0.132. The van der Waals surface area contributed by atoms with Crippen LogP contribution in [0.3, 0.4) is 0 Å². The van der Waals surface area contributed by atoms with Crippen molar-refractivity contribution in [2.75, 3.05) is 57.7 Å². The summed E-state index contributed by atoms with van der Waals surface area (Å²) in [5.74, 6) is 0.136. The lowest BCUT2D eigenvalue weighted by Gasteiger charge is -2.34. The molecule has 0 aliphatic carbocycles. The van der Waals surface area contributed by atoms with Crippen molar-refractivity contribution in [3.63, 3.8) is 0 Å². The minimum atomic E-state index is -0.0927.